The lowest BCUT2D eigenvalue weighted by atomic mass is 10.00. The molecule has 1 amide bonds. The number of nitrogens with one attached hydrogen (secondary N) is 1. The van der Waals surface area contributed by atoms with E-state index in [2.05, 4.69) is 47.2 Å². The van der Waals surface area contributed by atoms with Crippen molar-refractivity contribution < 1.29 is 4.79 Å². The van der Waals surface area contributed by atoms with E-state index in [1.54, 1.807) is 0 Å². The van der Waals surface area contributed by atoms with Crippen molar-refractivity contribution in [2.45, 2.75) is 39.2 Å². The van der Waals surface area contributed by atoms with Gasteiger partial charge < -0.3 is 11.1 Å². The molecule has 3 rings (SSSR count). The van der Waals surface area contributed by atoms with Crippen LogP contribution >= 0.6 is 0 Å². The summed E-state index contributed by atoms with van der Waals surface area (Å²) in [5.41, 5.74) is 12.2. The molecule has 4 nitrogen and oxygen atoms in total. The number of amidine groups is 1. The molecule has 0 bridgehead atoms. The summed E-state index contributed by atoms with van der Waals surface area (Å²) in [5, 5.41) is 3.02. The van der Waals surface area contributed by atoms with Gasteiger partial charge in [-0.15, -0.1) is 0 Å². The topological polar surface area (TPSA) is 67.5 Å². The highest BCUT2D eigenvalue weighted by Gasteiger charge is 2.23. The van der Waals surface area contributed by atoms with Crippen molar-refractivity contribution in [3.63, 3.8) is 0 Å². The van der Waals surface area contributed by atoms with Crippen LogP contribution in [0.2, 0.25) is 0 Å². The van der Waals surface area contributed by atoms with Gasteiger partial charge in [0.2, 0.25) is 5.91 Å². The molecule has 0 aliphatic heterocycles. The van der Waals surface area contributed by atoms with E-state index in [1.165, 1.54) is 11.1 Å². The third-order valence-electron chi connectivity index (χ3n) is 5.59. The van der Waals surface area contributed by atoms with Crippen LogP contribution < -0.4 is 11.1 Å². The number of benzene rings is 2. The highest BCUT2D eigenvalue weighted by molar-refractivity contribution is 5.84. The van der Waals surface area contributed by atoms with Gasteiger partial charge in [-0.3, -0.25) is 9.79 Å². The molecule has 0 heterocycles. The largest absolute Gasteiger partial charge is 0.387 e. The summed E-state index contributed by atoms with van der Waals surface area (Å²) in [6, 6.07) is 14.5. The quantitative estimate of drug-likeness (QED) is 0.368. The fraction of sp³-hybridized carbons (Fsp3) is 0.308. The fourth-order valence-corrected chi connectivity index (χ4v) is 3.96. The van der Waals surface area contributed by atoms with Crippen molar-refractivity contribution in [1.29, 1.82) is 0 Å². The molecule has 1 aliphatic rings. The molecule has 30 heavy (non-hydrogen) atoms. The van der Waals surface area contributed by atoms with E-state index in [4.69, 9.17) is 5.73 Å². The van der Waals surface area contributed by atoms with Crippen molar-refractivity contribution in [1.82, 2.24) is 5.32 Å². The molecule has 0 fully saturated rings. The zero-order valence-corrected chi connectivity index (χ0v) is 17.7. The number of carbonyl (C=O) groups excluding carboxylic acids is 1. The highest BCUT2D eigenvalue weighted by Crippen LogP contribution is 2.26. The molecular weight excluding hydrogens is 370 g/mol. The SMILES string of the molecule is C=Cc1cccc(CNC(=O)CCCN=C(N)C2Cc3ccccc3C2)c1/C=C\C. The molecule has 3 N–H and O–H groups in total. The van der Waals surface area contributed by atoms with Crippen LogP contribution in [0.25, 0.3) is 12.2 Å². The number of hydrogen-bond acceptors (Lipinski definition) is 2. The summed E-state index contributed by atoms with van der Waals surface area (Å²) in [6.07, 6.45) is 8.96. The van der Waals surface area contributed by atoms with Gasteiger partial charge in [-0.05, 0) is 54.0 Å². The molecule has 0 aromatic heterocycles. The fourth-order valence-electron chi connectivity index (χ4n) is 3.96. The Balaban J connectivity index is 1.44. The second kappa shape index (κ2) is 10.6. The Morgan fingerprint density at radius 3 is 2.60 bits per heavy atom. The lowest BCUT2D eigenvalue weighted by Crippen LogP contribution is -2.25. The molecule has 0 saturated carbocycles. The number of hydrogen-bond donors (Lipinski definition) is 2. The molecule has 0 saturated heterocycles. The van der Waals surface area contributed by atoms with E-state index in [-0.39, 0.29) is 5.91 Å². The van der Waals surface area contributed by atoms with Gasteiger partial charge in [-0.2, -0.15) is 0 Å². The molecule has 1 aliphatic carbocycles. The van der Waals surface area contributed by atoms with E-state index in [0.717, 1.165) is 29.5 Å². The van der Waals surface area contributed by atoms with E-state index in [1.807, 2.05) is 37.3 Å². The van der Waals surface area contributed by atoms with Crippen LogP contribution in [0.3, 0.4) is 0 Å². The number of nitrogens with two attached hydrogens (primary N) is 1. The summed E-state index contributed by atoms with van der Waals surface area (Å²) in [7, 11) is 0. The third-order valence-corrected chi connectivity index (χ3v) is 5.59. The molecule has 0 atom stereocenters. The maximum absolute atomic E-state index is 12.3. The second-order valence-corrected chi connectivity index (χ2v) is 7.68. The van der Waals surface area contributed by atoms with Crippen molar-refractivity contribution in [3.05, 3.63) is 82.9 Å². The number of nitrogens with zero attached hydrogens (tertiary/aromatic N) is 1. The third kappa shape index (κ3) is 5.47. The minimum Gasteiger partial charge on any atom is -0.387 e. The van der Waals surface area contributed by atoms with Gasteiger partial charge in [0.05, 0.1) is 5.84 Å². The van der Waals surface area contributed by atoms with E-state index in [0.29, 0.717) is 37.7 Å². The van der Waals surface area contributed by atoms with E-state index >= 15 is 0 Å². The number of aliphatic imine (C=N–C) groups is 1. The molecule has 156 valence electrons. The number of rotatable bonds is 9. The number of allylic oxidation sites excluding steroid dienone is 1. The van der Waals surface area contributed by atoms with Crippen molar-refractivity contribution in [2.24, 2.45) is 16.6 Å². The maximum atomic E-state index is 12.3. The molecular formula is C26H31N3O. The number of fused-ring (bicyclic) bond motifs is 1. The van der Waals surface area contributed by atoms with Crippen LogP contribution in [0.5, 0.6) is 0 Å². The average Bonchev–Trinajstić information content (AvgIpc) is 3.20. The zero-order chi connectivity index (χ0) is 21.3. The molecule has 2 aromatic rings. The summed E-state index contributed by atoms with van der Waals surface area (Å²) in [6.45, 7) is 6.95. The maximum Gasteiger partial charge on any atom is 0.220 e. The minimum absolute atomic E-state index is 0.0347. The van der Waals surface area contributed by atoms with Gasteiger partial charge >= 0.3 is 0 Å². The minimum atomic E-state index is 0.0347. The standard InChI is InChI=1S/C26H31N3O/c1-3-9-24-19(4-2)12-7-13-22(24)18-29-25(30)14-8-15-28-26(27)23-16-20-10-5-6-11-21(20)17-23/h3-7,9-13,23H,2,8,14-18H2,1H3,(H2,27,28)(H,29,30)/b9-3-. The molecule has 4 heteroatoms. The Morgan fingerprint density at radius 1 is 1.20 bits per heavy atom. The predicted molar refractivity (Wildman–Crippen MR) is 126 cm³/mol. The summed E-state index contributed by atoms with van der Waals surface area (Å²) in [5.74, 6) is 1.04. The first kappa shape index (κ1) is 21.6. The lowest BCUT2D eigenvalue weighted by Gasteiger charge is -2.11. The van der Waals surface area contributed by atoms with Crippen LogP contribution in [-0.4, -0.2) is 18.3 Å². The predicted octanol–water partition coefficient (Wildman–Crippen LogP) is 4.53. The van der Waals surface area contributed by atoms with Gasteiger partial charge in [0.15, 0.2) is 0 Å². The molecule has 0 unspecified atom stereocenters. The summed E-state index contributed by atoms with van der Waals surface area (Å²) in [4.78, 5) is 16.8. The molecule has 0 spiro atoms. The lowest BCUT2D eigenvalue weighted by molar-refractivity contribution is -0.121. The normalized spacial score (nSPS) is 14.1. The Labute approximate surface area is 179 Å². The Kier molecular flexibility index (Phi) is 7.61. The van der Waals surface area contributed by atoms with Crippen LogP contribution in [0.15, 0.2) is 60.1 Å². The van der Waals surface area contributed by atoms with Gasteiger partial charge in [0.25, 0.3) is 0 Å². The van der Waals surface area contributed by atoms with Gasteiger partial charge in [-0.25, -0.2) is 0 Å². The van der Waals surface area contributed by atoms with Crippen molar-refractivity contribution >= 4 is 23.9 Å². The Hall–Kier alpha value is -3.14. The van der Waals surface area contributed by atoms with Crippen molar-refractivity contribution in [2.75, 3.05) is 6.54 Å². The van der Waals surface area contributed by atoms with Crippen LogP contribution in [0.1, 0.15) is 47.6 Å². The first-order valence-corrected chi connectivity index (χ1v) is 10.6. The van der Waals surface area contributed by atoms with Gasteiger partial charge in [-0.1, -0.05) is 67.3 Å². The van der Waals surface area contributed by atoms with E-state index < -0.39 is 0 Å². The first-order valence-electron chi connectivity index (χ1n) is 10.6. The highest BCUT2D eigenvalue weighted by atomic mass is 16.1. The first-order chi connectivity index (χ1) is 14.6. The average molecular weight is 402 g/mol. The zero-order valence-electron chi connectivity index (χ0n) is 17.7. The Bertz CT molecular complexity index is 934. The van der Waals surface area contributed by atoms with E-state index in [9.17, 15) is 4.79 Å². The number of carbonyl (C=O) groups is 1. The van der Waals surface area contributed by atoms with Gasteiger partial charge in [0.1, 0.15) is 0 Å². The Morgan fingerprint density at radius 2 is 1.93 bits per heavy atom. The van der Waals surface area contributed by atoms with Gasteiger partial charge in [0, 0.05) is 25.4 Å². The van der Waals surface area contributed by atoms with Crippen LogP contribution in [0.4, 0.5) is 0 Å². The van der Waals surface area contributed by atoms with Crippen LogP contribution in [0, 0.1) is 5.92 Å². The summed E-state index contributed by atoms with van der Waals surface area (Å²) >= 11 is 0. The second-order valence-electron chi connectivity index (χ2n) is 7.68. The molecule has 0 radical (unpaired) electrons. The monoisotopic (exact) mass is 401 g/mol. The molecule has 2 aromatic carbocycles. The van der Waals surface area contributed by atoms with Crippen LogP contribution in [-0.2, 0) is 24.2 Å². The smallest absolute Gasteiger partial charge is 0.220 e. The van der Waals surface area contributed by atoms with Crippen molar-refractivity contribution in [3.8, 4) is 0 Å². The summed E-state index contributed by atoms with van der Waals surface area (Å²) < 4.78 is 0. The number of amides is 1.